The van der Waals surface area contributed by atoms with Gasteiger partial charge in [-0.25, -0.2) is 4.79 Å². The standard InChI is InChI=1S/C11H12N2O4/c1-17-11(16)7-3-2-4-8-10(7)13(6-12-8)5-9(14)15/h2-4,12H,5-6H2,1H3,(H,14,15). The fourth-order valence-corrected chi connectivity index (χ4v) is 1.86. The first-order valence-electron chi connectivity index (χ1n) is 5.05. The molecule has 0 spiro atoms. The van der Waals surface area contributed by atoms with Crippen LogP contribution in [-0.2, 0) is 9.53 Å². The molecule has 6 nitrogen and oxygen atoms in total. The second-order valence-corrected chi connectivity index (χ2v) is 3.62. The Labute approximate surface area is 97.8 Å². The van der Waals surface area contributed by atoms with Crippen LogP contribution in [0.2, 0.25) is 0 Å². The molecule has 0 unspecified atom stereocenters. The Morgan fingerprint density at radius 3 is 2.94 bits per heavy atom. The number of carbonyl (C=O) groups excluding carboxylic acids is 1. The van der Waals surface area contributed by atoms with Crippen LogP contribution in [0.5, 0.6) is 0 Å². The van der Waals surface area contributed by atoms with Gasteiger partial charge in [0.15, 0.2) is 0 Å². The summed E-state index contributed by atoms with van der Waals surface area (Å²) in [4.78, 5) is 23.9. The molecule has 0 radical (unpaired) electrons. The molecule has 0 atom stereocenters. The second-order valence-electron chi connectivity index (χ2n) is 3.62. The van der Waals surface area contributed by atoms with Gasteiger partial charge in [0.25, 0.3) is 0 Å². The molecule has 2 rings (SSSR count). The molecule has 1 heterocycles. The third kappa shape index (κ3) is 2.01. The van der Waals surface area contributed by atoms with E-state index in [1.54, 1.807) is 23.1 Å². The second kappa shape index (κ2) is 4.32. The highest BCUT2D eigenvalue weighted by molar-refractivity contribution is 6.01. The molecule has 0 amide bonds. The van der Waals surface area contributed by atoms with Crippen molar-refractivity contribution in [2.75, 3.05) is 30.5 Å². The molecule has 1 aliphatic rings. The zero-order chi connectivity index (χ0) is 12.4. The molecule has 0 saturated heterocycles. The Balaban J connectivity index is 2.41. The monoisotopic (exact) mass is 236 g/mol. The van der Waals surface area contributed by atoms with E-state index in [2.05, 4.69) is 10.1 Å². The Bertz CT molecular complexity index is 473. The number of carbonyl (C=O) groups is 2. The summed E-state index contributed by atoms with van der Waals surface area (Å²) in [5.74, 6) is -1.42. The summed E-state index contributed by atoms with van der Waals surface area (Å²) in [5, 5.41) is 11.8. The number of carboxylic acids is 1. The number of fused-ring (bicyclic) bond motifs is 1. The number of carboxylic acid groups (broad SMARTS) is 1. The van der Waals surface area contributed by atoms with Gasteiger partial charge in [-0.15, -0.1) is 0 Å². The van der Waals surface area contributed by atoms with E-state index in [0.29, 0.717) is 17.9 Å². The summed E-state index contributed by atoms with van der Waals surface area (Å²) < 4.78 is 4.67. The largest absolute Gasteiger partial charge is 0.480 e. The van der Waals surface area contributed by atoms with E-state index in [1.807, 2.05) is 0 Å². The van der Waals surface area contributed by atoms with Crippen molar-refractivity contribution in [1.82, 2.24) is 0 Å². The molecular formula is C11H12N2O4. The number of rotatable bonds is 3. The number of hydrogen-bond acceptors (Lipinski definition) is 5. The van der Waals surface area contributed by atoms with E-state index in [1.165, 1.54) is 7.11 Å². The lowest BCUT2D eigenvalue weighted by atomic mass is 10.1. The molecule has 2 N–H and O–H groups in total. The van der Waals surface area contributed by atoms with Gasteiger partial charge in [-0.2, -0.15) is 0 Å². The lowest BCUT2D eigenvalue weighted by molar-refractivity contribution is -0.135. The van der Waals surface area contributed by atoms with E-state index in [-0.39, 0.29) is 6.54 Å². The summed E-state index contributed by atoms with van der Waals surface area (Å²) in [5.41, 5.74) is 1.70. The topological polar surface area (TPSA) is 78.9 Å². The van der Waals surface area contributed by atoms with Crippen molar-refractivity contribution < 1.29 is 19.4 Å². The van der Waals surface area contributed by atoms with E-state index < -0.39 is 11.9 Å². The van der Waals surface area contributed by atoms with E-state index in [4.69, 9.17) is 5.11 Å². The molecule has 0 aliphatic carbocycles. The first kappa shape index (κ1) is 11.3. The average molecular weight is 236 g/mol. The molecule has 1 aromatic rings. The quantitative estimate of drug-likeness (QED) is 0.754. The van der Waals surface area contributed by atoms with Gasteiger partial charge in [-0.1, -0.05) is 6.07 Å². The van der Waals surface area contributed by atoms with Gasteiger partial charge in [0.05, 0.1) is 30.7 Å². The predicted molar refractivity (Wildman–Crippen MR) is 61.3 cm³/mol. The first-order chi connectivity index (χ1) is 8.13. The van der Waals surface area contributed by atoms with Crippen LogP contribution < -0.4 is 10.2 Å². The van der Waals surface area contributed by atoms with Gasteiger partial charge in [0, 0.05) is 0 Å². The Morgan fingerprint density at radius 2 is 2.29 bits per heavy atom. The van der Waals surface area contributed by atoms with E-state index in [0.717, 1.165) is 5.69 Å². The van der Waals surface area contributed by atoms with Gasteiger partial charge in [0.2, 0.25) is 0 Å². The van der Waals surface area contributed by atoms with Crippen LogP contribution in [0.4, 0.5) is 11.4 Å². The highest BCUT2D eigenvalue weighted by Gasteiger charge is 2.26. The molecular weight excluding hydrogens is 224 g/mol. The third-order valence-electron chi connectivity index (χ3n) is 2.54. The van der Waals surface area contributed by atoms with Crippen LogP contribution in [0, 0.1) is 0 Å². The SMILES string of the molecule is COC(=O)c1cccc2c1N(CC(=O)O)CN2. The van der Waals surface area contributed by atoms with Crippen LogP contribution in [0.25, 0.3) is 0 Å². The number of para-hydroxylation sites is 1. The number of esters is 1. The van der Waals surface area contributed by atoms with E-state index in [9.17, 15) is 9.59 Å². The third-order valence-corrected chi connectivity index (χ3v) is 2.54. The normalized spacial score (nSPS) is 12.9. The first-order valence-corrected chi connectivity index (χ1v) is 5.05. The number of aliphatic carboxylic acids is 1. The maximum Gasteiger partial charge on any atom is 0.340 e. The molecule has 17 heavy (non-hydrogen) atoms. The van der Waals surface area contributed by atoms with Gasteiger partial charge in [-0.05, 0) is 12.1 Å². The van der Waals surface area contributed by atoms with Crippen molar-refractivity contribution in [2.45, 2.75) is 0 Å². The van der Waals surface area contributed by atoms with Gasteiger partial charge < -0.3 is 20.1 Å². The van der Waals surface area contributed by atoms with Crippen molar-refractivity contribution in [3.8, 4) is 0 Å². The average Bonchev–Trinajstić information content (AvgIpc) is 2.71. The molecule has 0 bridgehead atoms. The van der Waals surface area contributed by atoms with Crippen molar-refractivity contribution in [3.63, 3.8) is 0 Å². The lowest BCUT2D eigenvalue weighted by Gasteiger charge is -2.17. The zero-order valence-electron chi connectivity index (χ0n) is 9.27. The number of methoxy groups -OCH3 is 1. The summed E-state index contributed by atoms with van der Waals surface area (Å²) in [6.45, 7) is 0.212. The zero-order valence-corrected chi connectivity index (χ0v) is 9.27. The van der Waals surface area contributed by atoms with Gasteiger partial charge in [-0.3, -0.25) is 4.79 Å². The maximum atomic E-state index is 11.6. The maximum absolute atomic E-state index is 11.6. The van der Waals surface area contributed by atoms with Gasteiger partial charge >= 0.3 is 11.9 Å². The fourth-order valence-electron chi connectivity index (χ4n) is 1.86. The number of anilines is 2. The van der Waals surface area contributed by atoms with Crippen molar-refractivity contribution in [3.05, 3.63) is 23.8 Å². The smallest absolute Gasteiger partial charge is 0.340 e. The number of ether oxygens (including phenoxy) is 1. The molecule has 1 aromatic carbocycles. The molecule has 90 valence electrons. The highest BCUT2D eigenvalue weighted by atomic mass is 16.5. The summed E-state index contributed by atoms with van der Waals surface area (Å²) >= 11 is 0. The van der Waals surface area contributed by atoms with Crippen LogP contribution in [0.1, 0.15) is 10.4 Å². The summed E-state index contributed by atoms with van der Waals surface area (Å²) in [7, 11) is 1.30. The minimum atomic E-state index is -0.945. The van der Waals surface area contributed by atoms with Crippen molar-refractivity contribution >= 4 is 23.3 Å². The van der Waals surface area contributed by atoms with Crippen LogP contribution in [0.15, 0.2) is 18.2 Å². The molecule has 0 aromatic heterocycles. The summed E-state index contributed by atoms with van der Waals surface area (Å²) in [6.07, 6.45) is 0. The van der Waals surface area contributed by atoms with Crippen LogP contribution >= 0.6 is 0 Å². The number of nitrogens with one attached hydrogen (secondary N) is 1. The highest BCUT2D eigenvalue weighted by Crippen LogP contribution is 2.34. The number of benzene rings is 1. The minimum Gasteiger partial charge on any atom is -0.480 e. The van der Waals surface area contributed by atoms with Gasteiger partial charge in [0.1, 0.15) is 6.54 Å². The van der Waals surface area contributed by atoms with Crippen molar-refractivity contribution in [2.24, 2.45) is 0 Å². The fraction of sp³-hybridized carbons (Fsp3) is 0.273. The molecule has 6 heteroatoms. The molecule has 0 fully saturated rings. The Hall–Kier alpha value is -2.24. The Morgan fingerprint density at radius 1 is 1.53 bits per heavy atom. The molecule has 1 aliphatic heterocycles. The lowest BCUT2D eigenvalue weighted by Crippen LogP contribution is -2.30. The van der Waals surface area contributed by atoms with Crippen molar-refractivity contribution in [1.29, 1.82) is 0 Å². The van der Waals surface area contributed by atoms with Crippen LogP contribution in [-0.4, -0.2) is 37.4 Å². The predicted octanol–water partition coefficient (Wildman–Crippen LogP) is 0.747. The summed E-state index contributed by atoms with van der Waals surface area (Å²) in [6, 6.07) is 5.14. The minimum absolute atomic E-state index is 0.159. The molecule has 0 saturated carbocycles. The number of nitrogens with zero attached hydrogens (tertiary/aromatic N) is 1. The number of hydrogen-bond donors (Lipinski definition) is 2. The van der Waals surface area contributed by atoms with Crippen LogP contribution in [0.3, 0.4) is 0 Å². The van der Waals surface area contributed by atoms with E-state index >= 15 is 0 Å². The Kier molecular flexibility index (Phi) is 2.86.